The van der Waals surface area contributed by atoms with Gasteiger partial charge in [-0.1, -0.05) is 17.9 Å². The average molecular weight is 416 g/mol. The van der Waals surface area contributed by atoms with Crippen molar-refractivity contribution in [1.29, 1.82) is 0 Å². The Labute approximate surface area is 184 Å². The topological polar surface area (TPSA) is 49.8 Å². The van der Waals surface area contributed by atoms with Crippen LogP contribution in [0.4, 0.5) is 0 Å². The second kappa shape index (κ2) is 7.73. The number of carbonyl (C=O) groups is 1. The molecule has 1 saturated carbocycles. The van der Waals surface area contributed by atoms with E-state index in [2.05, 4.69) is 34.9 Å². The zero-order valence-corrected chi connectivity index (χ0v) is 18.2. The number of carboxylic acid groups (broad SMARTS) is 1. The van der Waals surface area contributed by atoms with Crippen molar-refractivity contribution in [1.82, 2.24) is 4.90 Å². The lowest BCUT2D eigenvalue weighted by Crippen LogP contribution is -2.63. The normalized spacial score (nSPS) is 23.5. The van der Waals surface area contributed by atoms with Crippen molar-refractivity contribution in [2.45, 2.75) is 51.7 Å². The van der Waals surface area contributed by atoms with Gasteiger partial charge in [-0.2, -0.15) is 0 Å². The summed E-state index contributed by atoms with van der Waals surface area (Å²) in [5, 5.41) is 9.10. The second-order valence-corrected chi connectivity index (χ2v) is 9.84. The smallest absolute Gasteiger partial charge is 0.306 e. The number of hydrogen-bond acceptors (Lipinski definition) is 3. The van der Waals surface area contributed by atoms with E-state index < -0.39 is 5.97 Å². The van der Waals surface area contributed by atoms with Crippen LogP contribution in [-0.2, 0) is 17.6 Å². The predicted octanol–water partition coefficient (Wildman–Crippen LogP) is 4.14. The molecular formula is C27H29NO3. The molecule has 0 radical (unpaired) electrons. The van der Waals surface area contributed by atoms with E-state index >= 15 is 0 Å². The van der Waals surface area contributed by atoms with Crippen molar-refractivity contribution in [2.24, 2.45) is 11.3 Å². The number of benzene rings is 2. The van der Waals surface area contributed by atoms with Crippen LogP contribution in [-0.4, -0.2) is 41.2 Å². The molecule has 2 aliphatic carbocycles. The Kier molecular flexibility index (Phi) is 5.02. The molecule has 1 saturated heterocycles. The highest BCUT2D eigenvalue weighted by molar-refractivity contribution is 5.71. The third-order valence-electron chi connectivity index (χ3n) is 6.97. The van der Waals surface area contributed by atoms with Crippen molar-refractivity contribution in [3.05, 3.63) is 64.7 Å². The zero-order chi connectivity index (χ0) is 21.6. The lowest BCUT2D eigenvalue weighted by Gasteiger charge is -2.55. The zero-order valence-electron chi connectivity index (χ0n) is 18.2. The molecule has 2 fully saturated rings. The van der Waals surface area contributed by atoms with Crippen LogP contribution in [0.15, 0.2) is 42.5 Å². The van der Waals surface area contributed by atoms with E-state index in [0.717, 1.165) is 55.6 Å². The number of hydrogen-bond donors (Lipinski definition) is 1. The first-order valence-electron chi connectivity index (χ1n) is 11.3. The summed E-state index contributed by atoms with van der Waals surface area (Å²) in [5.74, 6) is 6.71. The van der Waals surface area contributed by atoms with E-state index in [1.807, 2.05) is 38.1 Å². The van der Waals surface area contributed by atoms with Crippen molar-refractivity contribution >= 4 is 5.97 Å². The highest BCUT2D eigenvalue weighted by Gasteiger charge is 2.51. The molecule has 31 heavy (non-hydrogen) atoms. The molecule has 0 atom stereocenters. The summed E-state index contributed by atoms with van der Waals surface area (Å²) in [6, 6.07) is 15.1. The van der Waals surface area contributed by atoms with E-state index in [0.29, 0.717) is 11.5 Å². The van der Waals surface area contributed by atoms with E-state index in [4.69, 9.17) is 9.84 Å². The van der Waals surface area contributed by atoms with E-state index in [-0.39, 0.29) is 12.0 Å². The van der Waals surface area contributed by atoms with Gasteiger partial charge in [0.05, 0.1) is 12.0 Å². The van der Waals surface area contributed by atoms with Crippen LogP contribution in [0.25, 0.3) is 0 Å². The molecule has 5 rings (SSSR count). The summed E-state index contributed by atoms with van der Waals surface area (Å²) in [6.45, 7) is 6.25. The fourth-order valence-corrected chi connectivity index (χ4v) is 5.33. The summed E-state index contributed by atoms with van der Waals surface area (Å²) in [6.07, 6.45) is 4.07. The molecule has 4 heteroatoms. The molecule has 1 N–H and O–H groups in total. The van der Waals surface area contributed by atoms with Gasteiger partial charge in [0, 0.05) is 35.7 Å². The molecule has 1 aliphatic heterocycles. The Morgan fingerprint density at radius 3 is 2.35 bits per heavy atom. The number of aliphatic carboxylic acids is 1. The molecule has 0 amide bonds. The molecule has 160 valence electrons. The number of likely N-dealkylation sites (tertiary alicyclic amines) is 1. The van der Waals surface area contributed by atoms with Crippen LogP contribution >= 0.6 is 0 Å². The first-order valence-corrected chi connectivity index (χ1v) is 11.3. The summed E-state index contributed by atoms with van der Waals surface area (Å²) in [7, 11) is 0. The van der Waals surface area contributed by atoms with Gasteiger partial charge < -0.3 is 9.84 Å². The molecule has 0 aromatic heterocycles. The lowest BCUT2D eigenvalue weighted by atomic mass is 9.71. The second-order valence-electron chi connectivity index (χ2n) is 9.84. The summed E-state index contributed by atoms with van der Waals surface area (Å²) >= 11 is 0. The van der Waals surface area contributed by atoms with Crippen molar-refractivity contribution < 1.29 is 14.6 Å². The van der Waals surface area contributed by atoms with Gasteiger partial charge in [-0.15, -0.1) is 0 Å². The van der Waals surface area contributed by atoms with Crippen LogP contribution in [0.3, 0.4) is 0 Å². The maximum absolute atomic E-state index is 11.0. The van der Waals surface area contributed by atoms with Crippen molar-refractivity contribution in [3.8, 4) is 17.6 Å². The molecule has 1 heterocycles. The molecular weight excluding hydrogens is 386 g/mol. The molecule has 1 spiro atoms. The minimum atomic E-state index is -0.631. The van der Waals surface area contributed by atoms with Gasteiger partial charge in [0.1, 0.15) is 5.75 Å². The molecule has 2 aromatic carbocycles. The predicted molar refractivity (Wildman–Crippen MR) is 120 cm³/mol. The molecule has 0 unspecified atom stereocenters. The Bertz CT molecular complexity index is 1050. The third kappa shape index (κ3) is 4.07. The average Bonchev–Trinajstić information content (AvgIpc) is 3.04. The van der Waals surface area contributed by atoms with Gasteiger partial charge in [-0.05, 0) is 87.1 Å². The number of rotatable bonds is 4. The highest BCUT2D eigenvalue weighted by Crippen LogP contribution is 2.47. The minimum absolute atomic E-state index is 0.123. The molecule has 3 aliphatic rings. The number of fused-ring (bicyclic) bond motifs is 1. The molecule has 4 nitrogen and oxygen atoms in total. The highest BCUT2D eigenvalue weighted by atomic mass is 16.5. The Balaban J connectivity index is 1.19. The largest absolute Gasteiger partial charge is 0.491 e. The third-order valence-corrected chi connectivity index (χ3v) is 6.97. The van der Waals surface area contributed by atoms with Gasteiger partial charge in [0.15, 0.2) is 0 Å². The quantitative estimate of drug-likeness (QED) is 0.763. The maximum Gasteiger partial charge on any atom is 0.306 e. The lowest BCUT2D eigenvalue weighted by molar-refractivity contribution is -0.150. The number of carboxylic acids is 1. The van der Waals surface area contributed by atoms with E-state index in [9.17, 15) is 4.79 Å². The van der Waals surface area contributed by atoms with Gasteiger partial charge in [-0.3, -0.25) is 9.69 Å². The van der Waals surface area contributed by atoms with Gasteiger partial charge in [-0.25, -0.2) is 0 Å². The van der Waals surface area contributed by atoms with Crippen LogP contribution < -0.4 is 4.74 Å². The minimum Gasteiger partial charge on any atom is -0.491 e. The van der Waals surface area contributed by atoms with Gasteiger partial charge in [0.2, 0.25) is 0 Å². The van der Waals surface area contributed by atoms with Crippen molar-refractivity contribution in [2.75, 3.05) is 13.1 Å². The SMILES string of the molecule is CC(C)Oc1ccc(C#Cc2ccc3c(c2)CC2(C3)CN(C3CC(C(=O)O)C3)C2)cc1. The maximum atomic E-state index is 11.0. The number of nitrogens with zero attached hydrogens (tertiary/aromatic N) is 1. The summed E-state index contributed by atoms with van der Waals surface area (Å²) in [4.78, 5) is 13.5. The van der Waals surface area contributed by atoms with Crippen molar-refractivity contribution in [3.63, 3.8) is 0 Å². The first kappa shape index (κ1) is 20.2. The Hall–Kier alpha value is -2.77. The molecule has 2 aromatic rings. The summed E-state index contributed by atoms with van der Waals surface area (Å²) < 4.78 is 5.69. The van der Waals surface area contributed by atoms with E-state index in [1.165, 1.54) is 11.1 Å². The monoisotopic (exact) mass is 415 g/mol. The van der Waals surface area contributed by atoms with Gasteiger partial charge >= 0.3 is 5.97 Å². The molecule has 0 bridgehead atoms. The van der Waals surface area contributed by atoms with Crippen LogP contribution in [0.5, 0.6) is 5.75 Å². The van der Waals surface area contributed by atoms with Crippen LogP contribution in [0.2, 0.25) is 0 Å². The number of ether oxygens (including phenoxy) is 1. The summed E-state index contributed by atoms with van der Waals surface area (Å²) in [5.41, 5.74) is 5.30. The van der Waals surface area contributed by atoms with Crippen LogP contribution in [0, 0.1) is 23.2 Å². The standard InChI is InChI=1S/C27H29NO3/c1-18(2)31-25-9-6-19(7-10-25)3-4-20-5-8-21-14-27(15-23(21)11-20)16-28(17-27)24-12-22(13-24)26(29)30/h5-11,18,22,24H,12-17H2,1-2H3,(H,29,30). The fraction of sp³-hybridized carbons (Fsp3) is 0.444. The first-order chi connectivity index (χ1) is 14.9. The van der Waals surface area contributed by atoms with Crippen LogP contribution in [0.1, 0.15) is 48.9 Å². The van der Waals surface area contributed by atoms with Gasteiger partial charge in [0.25, 0.3) is 0 Å². The fourth-order valence-electron chi connectivity index (χ4n) is 5.33. The Morgan fingerprint density at radius 1 is 1.03 bits per heavy atom. The Morgan fingerprint density at radius 2 is 1.68 bits per heavy atom. The van der Waals surface area contributed by atoms with E-state index in [1.54, 1.807) is 0 Å².